The molecule has 0 bridgehead atoms. The summed E-state index contributed by atoms with van der Waals surface area (Å²) >= 11 is 0. The van der Waals surface area contributed by atoms with E-state index in [1.807, 2.05) is 19.1 Å². The average Bonchev–Trinajstić information content (AvgIpc) is 1.64. The van der Waals surface area contributed by atoms with Crippen molar-refractivity contribution in [2.45, 2.75) is 117 Å². The Morgan fingerprint density at radius 1 is 0.442 bits per heavy atom. The molecule has 24 nitrogen and oxygen atoms in total. The fourth-order valence-electron chi connectivity index (χ4n) is 12.4. The number of hydrogen-bond acceptors (Lipinski definition) is 15. The third-order valence-corrected chi connectivity index (χ3v) is 17.1. The van der Waals surface area contributed by atoms with Gasteiger partial charge in [0.05, 0.1) is 5.56 Å². The van der Waals surface area contributed by atoms with Gasteiger partial charge in [-0.2, -0.15) is 0 Å². The highest BCUT2D eigenvalue weighted by atomic mass is 19.1. The lowest BCUT2D eigenvalue weighted by Crippen LogP contribution is -2.52. The Balaban J connectivity index is 0.000000155. The molecular weight excluding hydrogens is 1230 g/mol. The van der Waals surface area contributed by atoms with E-state index in [1.165, 1.54) is 45.0 Å². The number of nitrogens with zero attached hydrogens (tertiary/aromatic N) is 3. The van der Waals surface area contributed by atoms with Crippen molar-refractivity contribution in [3.05, 3.63) is 210 Å². The first-order valence-electron chi connectivity index (χ1n) is 30.2. The van der Waals surface area contributed by atoms with Crippen molar-refractivity contribution in [1.82, 2.24) is 46.6 Å². The Kier molecular flexibility index (Phi) is 19.6. The number of piperidine rings is 3. The molecule has 486 valence electrons. The smallest absolute Gasteiger partial charge is 0.292 e. The summed E-state index contributed by atoms with van der Waals surface area (Å²) in [5.74, 6) is -9.71. The molecule has 0 saturated carbocycles. The number of imide groups is 3. The Labute approximate surface area is 540 Å². The van der Waals surface area contributed by atoms with Crippen LogP contribution in [0.2, 0.25) is 0 Å². The number of hydrogen-bond donors (Lipinski definition) is 6. The molecule has 12 amide bonds. The second-order valence-corrected chi connectivity index (χ2v) is 23.3. The predicted molar refractivity (Wildman–Crippen MR) is 329 cm³/mol. The zero-order chi connectivity index (χ0) is 68.1. The first-order valence-corrected chi connectivity index (χ1v) is 30.2. The highest BCUT2D eigenvalue weighted by molar-refractivity contribution is 6.44. The Bertz CT molecular complexity index is 4300. The van der Waals surface area contributed by atoms with E-state index in [4.69, 9.17) is 0 Å². The van der Waals surface area contributed by atoms with Crippen LogP contribution in [0, 0.1) is 32.4 Å². The van der Waals surface area contributed by atoms with Crippen LogP contribution in [0.4, 0.5) is 8.78 Å². The lowest BCUT2D eigenvalue weighted by atomic mass is 9.96. The van der Waals surface area contributed by atoms with Crippen LogP contribution < -0.4 is 31.9 Å². The number of benzene rings is 6. The molecule has 6 heterocycles. The summed E-state index contributed by atoms with van der Waals surface area (Å²) in [5, 5.41) is 14.5. The number of fused-ring (bicyclic) bond motifs is 3. The molecule has 6 aliphatic rings. The monoisotopic (exact) mass is 1290 g/mol. The van der Waals surface area contributed by atoms with Gasteiger partial charge in [0.25, 0.3) is 47.0 Å². The fourth-order valence-corrected chi connectivity index (χ4v) is 12.4. The Hall–Kier alpha value is -11.6. The lowest BCUT2D eigenvalue weighted by Gasteiger charge is -2.29. The number of halogens is 2. The number of nitrogens with one attached hydrogen (secondary N) is 6. The van der Waals surface area contributed by atoms with E-state index >= 15 is 0 Å². The standard InChI is InChI=1S/C25H25N3O5.2C22H18FN3O5/c1-13-9-14(2)21(15(3)10-13)22(30)24(32)26-11-16-5-4-6-17-18(16)12-28(25(17)33)19-7-8-20(29)27-23(19)31;23-16-7-2-1-5-14(16)19(28)21(30)24-10-12-4-3-6-13-15(12)11-26(22(13)31)17-8-9-18(27)25-20(17)29;23-14-6-4-12(5-7-14)19(28)21(30)24-10-13-2-1-3-15-16(13)11-26(22(15)31)17-8-9-18(27)25-20(17)29/h4-6,9-10,19H,7-8,11-12H2,1-3H3,(H,26,32)(H,27,29,31);2*1-7,17H,8-11H2,(H,24,30)(H,25,27,29). The van der Waals surface area contributed by atoms with Crippen LogP contribution in [0.15, 0.2) is 115 Å². The van der Waals surface area contributed by atoms with Crippen molar-refractivity contribution in [3.8, 4) is 0 Å². The second kappa shape index (κ2) is 28.1. The molecule has 0 aliphatic carbocycles. The minimum absolute atomic E-state index is 0.00537. The van der Waals surface area contributed by atoms with E-state index in [2.05, 4.69) is 31.9 Å². The number of amides is 12. The molecule has 0 aromatic heterocycles. The number of rotatable bonds is 15. The van der Waals surface area contributed by atoms with Gasteiger partial charge in [-0.1, -0.05) is 66.2 Å². The van der Waals surface area contributed by atoms with Gasteiger partial charge in [0.15, 0.2) is 0 Å². The fraction of sp³-hybridized carbons (Fsp3) is 0.261. The van der Waals surface area contributed by atoms with Crippen LogP contribution in [-0.2, 0) is 82.4 Å². The summed E-state index contributed by atoms with van der Waals surface area (Å²) in [6.45, 7) is 6.10. The van der Waals surface area contributed by atoms with E-state index in [0.29, 0.717) is 55.6 Å². The number of ketones is 3. The molecule has 12 rings (SSSR count). The Morgan fingerprint density at radius 2 is 0.800 bits per heavy atom. The molecule has 3 fully saturated rings. The normalized spacial score (nSPS) is 17.8. The van der Waals surface area contributed by atoms with Crippen molar-refractivity contribution in [2.75, 3.05) is 0 Å². The zero-order valence-electron chi connectivity index (χ0n) is 51.4. The SMILES string of the molecule is Cc1cc(C)c(C(=O)C(=O)NCc2cccc3c2CN(C2CCC(=O)NC2=O)C3=O)c(C)c1.O=C1CCC(N2Cc3c(CNC(=O)C(=O)c4ccc(F)cc4)cccc3C2=O)C(=O)N1.O=C1CCC(N2Cc3c(CNC(=O)C(=O)c4ccccc4F)cccc3C2=O)C(=O)N1. The predicted octanol–water partition coefficient (Wildman–Crippen LogP) is 4.04. The topological polar surface area (TPSA) is 338 Å². The maximum absolute atomic E-state index is 13.8. The molecule has 0 radical (unpaired) electrons. The highest BCUT2D eigenvalue weighted by Crippen LogP contribution is 2.33. The summed E-state index contributed by atoms with van der Waals surface area (Å²) in [6, 6.07) is 26.6. The van der Waals surface area contributed by atoms with Gasteiger partial charge < -0.3 is 30.7 Å². The largest absolute Gasteiger partial charge is 0.345 e. The van der Waals surface area contributed by atoms with Gasteiger partial charge >= 0.3 is 0 Å². The van der Waals surface area contributed by atoms with E-state index in [-0.39, 0.29) is 124 Å². The van der Waals surface area contributed by atoms with Crippen molar-refractivity contribution in [2.24, 2.45) is 0 Å². The van der Waals surface area contributed by atoms with Gasteiger partial charge in [-0.15, -0.1) is 0 Å². The first-order chi connectivity index (χ1) is 45.4. The summed E-state index contributed by atoms with van der Waals surface area (Å²) in [6.07, 6.45) is 1.26. The summed E-state index contributed by atoms with van der Waals surface area (Å²) in [7, 11) is 0. The molecule has 3 saturated heterocycles. The molecule has 6 N–H and O–H groups in total. The van der Waals surface area contributed by atoms with E-state index < -0.39 is 82.6 Å². The van der Waals surface area contributed by atoms with Crippen molar-refractivity contribution in [3.63, 3.8) is 0 Å². The molecule has 3 atom stereocenters. The Morgan fingerprint density at radius 3 is 1.17 bits per heavy atom. The number of carbonyl (C=O) groups is 15. The van der Waals surface area contributed by atoms with E-state index in [0.717, 1.165) is 34.9 Å². The molecule has 95 heavy (non-hydrogen) atoms. The van der Waals surface area contributed by atoms with Crippen LogP contribution in [0.1, 0.15) is 151 Å². The van der Waals surface area contributed by atoms with Gasteiger partial charge in [-0.25, -0.2) is 8.78 Å². The molecule has 6 aromatic carbocycles. The molecule has 6 aliphatic heterocycles. The van der Waals surface area contributed by atoms with Crippen LogP contribution >= 0.6 is 0 Å². The maximum Gasteiger partial charge on any atom is 0.292 e. The number of Topliss-reactive ketones (excluding diaryl/α,β-unsaturated/α-hetero) is 3. The quantitative estimate of drug-likeness (QED) is 0.0480. The third kappa shape index (κ3) is 14.3. The van der Waals surface area contributed by atoms with E-state index in [1.54, 1.807) is 68.4 Å². The zero-order valence-corrected chi connectivity index (χ0v) is 51.4. The third-order valence-electron chi connectivity index (χ3n) is 17.1. The summed E-state index contributed by atoms with van der Waals surface area (Å²) in [5.41, 5.74) is 7.89. The lowest BCUT2D eigenvalue weighted by molar-refractivity contribution is -0.138. The van der Waals surface area contributed by atoms with Crippen LogP contribution in [0.3, 0.4) is 0 Å². The maximum atomic E-state index is 13.8. The van der Waals surface area contributed by atoms with Gasteiger partial charge in [-0.05, 0) is 139 Å². The van der Waals surface area contributed by atoms with Gasteiger partial charge in [0, 0.05) is 86.3 Å². The van der Waals surface area contributed by atoms with Crippen LogP contribution in [0.5, 0.6) is 0 Å². The molecular formula is C69H61F2N9O15. The van der Waals surface area contributed by atoms with Crippen molar-refractivity contribution < 1.29 is 80.7 Å². The van der Waals surface area contributed by atoms with Gasteiger partial charge in [0.2, 0.25) is 41.2 Å². The number of aryl methyl sites for hydroxylation is 3. The molecule has 6 aromatic rings. The summed E-state index contributed by atoms with van der Waals surface area (Å²) in [4.78, 5) is 188. The van der Waals surface area contributed by atoms with Crippen LogP contribution in [0.25, 0.3) is 0 Å². The highest BCUT2D eigenvalue weighted by Gasteiger charge is 2.43. The van der Waals surface area contributed by atoms with Crippen molar-refractivity contribution >= 4 is 88.2 Å². The average molecular weight is 1290 g/mol. The minimum Gasteiger partial charge on any atom is -0.345 e. The van der Waals surface area contributed by atoms with Crippen molar-refractivity contribution in [1.29, 1.82) is 0 Å². The van der Waals surface area contributed by atoms with Gasteiger partial charge in [-0.3, -0.25) is 87.9 Å². The van der Waals surface area contributed by atoms with Crippen LogP contribution in [-0.4, -0.2) is 121 Å². The second-order valence-electron chi connectivity index (χ2n) is 23.3. The van der Waals surface area contributed by atoms with Gasteiger partial charge in [0.1, 0.15) is 29.8 Å². The minimum atomic E-state index is -0.994. The number of carbonyl (C=O) groups excluding carboxylic acids is 15. The first kappa shape index (κ1) is 66.4. The molecule has 26 heteroatoms. The summed E-state index contributed by atoms with van der Waals surface area (Å²) < 4.78 is 26.8. The van der Waals surface area contributed by atoms with E-state index in [9.17, 15) is 80.7 Å². The molecule has 0 spiro atoms. The molecule has 3 unspecified atom stereocenters.